The van der Waals surface area contributed by atoms with Gasteiger partial charge in [0.15, 0.2) is 5.69 Å². The number of carbonyl (C=O) groups is 1. The van der Waals surface area contributed by atoms with Crippen LogP contribution < -0.4 is 0 Å². The van der Waals surface area contributed by atoms with Crippen LogP contribution in [0.2, 0.25) is 0 Å². The molecule has 7 heteroatoms. The number of fused-ring (bicyclic) bond motifs is 1. The van der Waals surface area contributed by atoms with Gasteiger partial charge in [-0.2, -0.15) is 18.3 Å². The predicted molar refractivity (Wildman–Crippen MR) is 57.1 cm³/mol. The molecular weight excluding hydrogens is 249 g/mol. The number of rotatable bonds is 2. The average molecular weight is 258 g/mol. The first-order valence-corrected chi connectivity index (χ1v) is 5.03. The molecule has 1 heterocycles. The highest BCUT2D eigenvalue weighted by atomic mass is 19.4. The highest BCUT2D eigenvalue weighted by molar-refractivity contribution is 5.84. The number of carboxylic acids is 1. The molecule has 1 aromatic carbocycles. The first-order valence-electron chi connectivity index (χ1n) is 5.03. The van der Waals surface area contributed by atoms with Gasteiger partial charge in [-0.1, -0.05) is 12.1 Å². The number of hydrogen-bond acceptors (Lipinski definition) is 2. The van der Waals surface area contributed by atoms with Crippen LogP contribution in [0.4, 0.5) is 13.2 Å². The van der Waals surface area contributed by atoms with Gasteiger partial charge in [-0.3, -0.25) is 9.48 Å². The van der Waals surface area contributed by atoms with E-state index >= 15 is 0 Å². The molecule has 0 fully saturated rings. The molecule has 0 amide bonds. The Morgan fingerprint density at radius 2 is 2.11 bits per heavy atom. The summed E-state index contributed by atoms with van der Waals surface area (Å²) < 4.78 is 39.1. The molecule has 18 heavy (non-hydrogen) atoms. The number of carboxylic acid groups (broad SMARTS) is 1. The summed E-state index contributed by atoms with van der Waals surface area (Å²) in [5.41, 5.74) is -0.255. The number of benzene rings is 1. The Kier molecular flexibility index (Phi) is 2.76. The van der Waals surface area contributed by atoms with Crippen LogP contribution in [0.1, 0.15) is 11.3 Å². The van der Waals surface area contributed by atoms with Crippen molar-refractivity contribution in [2.75, 3.05) is 0 Å². The molecule has 1 N–H and O–H groups in total. The zero-order chi connectivity index (χ0) is 13.5. The molecule has 0 aliphatic heterocycles. The predicted octanol–water partition coefficient (Wildman–Crippen LogP) is 2.22. The van der Waals surface area contributed by atoms with Crippen molar-refractivity contribution < 1.29 is 23.1 Å². The fourth-order valence-corrected chi connectivity index (χ4v) is 1.80. The Balaban J connectivity index is 2.59. The Morgan fingerprint density at radius 3 is 2.67 bits per heavy atom. The Bertz CT molecular complexity index is 617. The van der Waals surface area contributed by atoms with Gasteiger partial charge in [0.1, 0.15) is 0 Å². The van der Waals surface area contributed by atoms with Crippen LogP contribution in [0.3, 0.4) is 0 Å². The number of halogens is 3. The standard InChI is InChI=1S/C11H9F3N2O2/c1-16-8-4-6(5-9(17)18)2-3-7(8)10(15-16)11(12,13)14/h2-4H,5H2,1H3,(H,17,18). The third-order valence-corrected chi connectivity index (χ3v) is 2.54. The van der Waals surface area contributed by atoms with E-state index in [1.165, 1.54) is 25.2 Å². The number of aliphatic carboxylic acids is 1. The maximum absolute atomic E-state index is 12.7. The minimum absolute atomic E-state index is 0.0286. The van der Waals surface area contributed by atoms with Gasteiger partial charge in [-0.05, 0) is 11.6 Å². The molecule has 0 spiro atoms. The molecule has 0 bridgehead atoms. The highest BCUT2D eigenvalue weighted by Gasteiger charge is 2.36. The second-order valence-electron chi connectivity index (χ2n) is 3.89. The summed E-state index contributed by atoms with van der Waals surface area (Å²) in [6, 6.07) is 4.03. The molecule has 4 nitrogen and oxygen atoms in total. The van der Waals surface area contributed by atoms with E-state index in [-0.39, 0.29) is 17.3 Å². The minimum atomic E-state index is -4.52. The summed E-state index contributed by atoms with van der Waals surface area (Å²) in [4.78, 5) is 10.6. The van der Waals surface area contributed by atoms with E-state index in [1.807, 2.05) is 0 Å². The van der Waals surface area contributed by atoms with Gasteiger partial charge in [0, 0.05) is 12.4 Å². The lowest BCUT2D eigenvalue weighted by atomic mass is 10.1. The molecule has 1 aromatic heterocycles. The zero-order valence-electron chi connectivity index (χ0n) is 9.32. The zero-order valence-corrected chi connectivity index (χ0v) is 9.32. The average Bonchev–Trinajstić information content (AvgIpc) is 2.55. The second kappa shape index (κ2) is 4.01. The van der Waals surface area contributed by atoms with Crippen molar-refractivity contribution in [1.29, 1.82) is 0 Å². The number of aromatic nitrogens is 2. The molecule has 0 unspecified atom stereocenters. The van der Waals surface area contributed by atoms with Gasteiger partial charge in [-0.25, -0.2) is 0 Å². The van der Waals surface area contributed by atoms with Crippen LogP contribution in [0, 0.1) is 0 Å². The van der Waals surface area contributed by atoms with Crippen LogP contribution in [0.5, 0.6) is 0 Å². The highest BCUT2D eigenvalue weighted by Crippen LogP contribution is 2.34. The summed E-state index contributed by atoms with van der Waals surface area (Å²) in [5, 5.41) is 12.0. The van der Waals surface area contributed by atoms with Crippen molar-refractivity contribution in [2.24, 2.45) is 7.05 Å². The van der Waals surface area contributed by atoms with E-state index in [9.17, 15) is 18.0 Å². The van der Waals surface area contributed by atoms with Gasteiger partial charge in [0.2, 0.25) is 0 Å². The summed E-state index contributed by atoms with van der Waals surface area (Å²) >= 11 is 0. The Morgan fingerprint density at radius 1 is 1.44 bits per heavy atom. The molecule has 0 radical (unpaired) electrons. The topological polar surface area (TPSA) is 55.1 Å². The van der Waals surface area contributed by atoms with Gasteiger partial charge in [-0.15, -0.1) is 0 Å². The minimum Gasteiger partial charge on any atom is -0.481 e. The lowest BCUT2D eigenvalue weighted by Crippen LogP contribution is -2.07. The summed E-state index contributed by atoms with van der Waals surface area (Å²) in [6.07, 6.45) is -4.75. The van der Waals surface area contributed by atoms with Crippen LogP contribution in [0.15, 0.2) is 18.2 Å². The second-order valence-corrected chi connectivity index (χ2v) is 3.89. The Labute approximate surface area is 99.6 Å². The molecule has 2 rings (SSSR count). The van der Waals surface area contributed by atoms with E-state index in [0.29, 0.717) is 5.56 Å². The fraction of sp³-hybridized carbons (Fsp3) is 0.273. The van der Waals surface area contributed by atoms with Gasteiger partial charge in [0.25, 0.3) is 0 Å². The van der Waals surface area contributed by atoms with E-state index < -0.39 is 17.8 Å². The molecule has 0 saturated carbocycles. The lowest BCUT2D eigenvalue weighted by molar-refractivity contribution is -0.140. The molecule has 0 atom stereocenters. The lowest BCUT2D eigenvalue weighted by Gasteiger charge is -2.02. The van der Waals surface area contributed by atoms with Gasteiger partial charge >= 0.3 is 12.1 Å². The molecule has 0 aliphatic carbocycles. The SMILES string of the molecule is Cn1nc(C(F)(F)F)c2ccc(CC(=O)O)cc21. The first kappa shape index (κ1) is 12.4. The third-order valence-electron chi connectivity index (χ3n) is 2.54. The van der Waals surface area contributed by atoms with Crippen molar-refractivity contribution in [2.45, 2.75) is 12.6 Å². The molecule has 0 saturated heterocycles. The van der Waals surface area contributed by atoms with Gasteiger partial charge < -0.3 is 5.11 Å². The van der Waals surface area contributed by atoms with E-state index in [2.05, 4.69) is 5.10 Å². The van der Waals surface area contributed by atoms with E-state index in [4.69, 9.17) is 5.11 Å². The molecule has 2 aromatic rings. The van der Waals surface area contributed by atoms with Gasteiger partial charge in [0.05, 0.1) is 11.9 Å². The number of alkyl halides is 3. The van der Waals surface area contributed by atoms with Crippen molar-refractivity contribution in [3.63, 3.8) is 0 Å². The van der Waals surface area contributed by atoms with Crippen molar-refractivity contribution in [3.05, 3.63) is 29.5 Å². The van der Waals surface area contributed by atoms with Crippen LogP contribution in [-0.4, -0.2) is 20.9 Å². The van der Waals surface area contributed by atoms with E-state index in [0.717, 1.165) is 4.68 Å². The maximum Gasteiger partial charge on any atom is 0.435 e. The number of hydrogen-bond donors (Lipinski definition) is 1. The fourth-order valence-electron chi connectivity index (χ4n) is 1.80. The molecule has 96 valence electrons. The van der Waals surface area contributed by atoms with Crippen LogP contribution in [-0.2, 0) is 24.4 Å². The van der Waals surface area contributed by atoms with Crippen LogP contribution in [0.25, 0.3) is 10.9 Å². The third kappa shape index (κ3) is 2.15. The number of aryl methyl sites for hydroxylation is 1. The normalized spacial score (nSPS) is 12.0. The quantitative estimate of drug-likeness (QED) is 0.898. The van der Waals surface area contributed by atoms with Crippen molar-refractivity contribution in [3.8, 4) is 0 Å². The van der Waals surface area contributed by atoms with Crippen molar-refractivity contribution in [1.82, 2.24) is 9.78 Å². The smallest absolute Gasteiger partial charge is 0.435 e. The van der Waals surface area contributed by atoms with E-state index in [1.54, 1.807) is 0 Å². The largest absolute Gasteiger partial charge is 0.481 e. The van der Waals surface area contributed by atoms with Crippen molar-refractivity contribution >= 4 is 16.9 Å². The maximum atomic E-state index is 12.7. The van der Waals surface area contributed by atoms with Crippen LogP contribution >= 0.6 is 0 Å². The summed E-state index contributed by atoms with van der Waals surface area (Å²) in [5.74, 6) is -1.03. The summed E-state index contributed by atoms with van der Waals surface area (Å²) in [6.45, 7) is 0. The first-order chi connectivity index (χ1) is 8.29. The monoisotopic (exact) mass is 258 g/mol. The molecular formula is C11H9F3N2O2. The molecule has 0 aliphatic rings. The number of nitrogens with zero attached hydrogens (tertiary/aromatic N) is 2. The summed E-state index contributed by atoms with van der Waals surface area (Å²) in [7, 11) is 1.39. The Hall–Kier alpha value is -2.05.